The van der Waals surface area contributed by atoms with Crippen molar-refractivity contribution in [2.75, 3.05) is 5.32 Å². The number of benzene rings is 1. The summed E-state index contributed by atoms with van der Waals surface area (Å²) in [5.41, 5.74) is 2.04. The zero-order valence-electron chi connectivity index (χ0n) is 10.5. The van der Waals surface area contributed by atoms with Gasteiger partial charge in [0.05, 0.1) is 6.04 Å². The van der Waals surface area contributed by atoms with E-state index in [1.165, 1.54) is 0 Å². The molecule has 0 saturated carbocycles. The number of amides is 1. The van der Waals surface area contributed by atoms with Crippen LogP contribution in [0.15, 0.2) is 24.3 Å². The van der Waals surface area contributed by atoms with Crippen LogP contribution in [-0.2, 0) is 4.79 Å². The van der Waals surface area contributed by atoms with Crippen LogP contribution in [0, 0.1) is 6.92 Å². The first-order chi connectivity index (χ1) is 8.15. The fraction of sp³-hybridized carbons (Fsp3) is 0.500. The van der Waals surface area contributed by atoms with E-state index in [1.54, 1.807) is 0 Å². The molecule has 1 aromatic rings. The first-order valence-electron chi connectivity index (χ1n) is 6.29. The summed E-state index contributed by atoms with van der Waals surface area (Å²) < 4.78 is 0. The van der Waals surface area contributed by atoms with Crippen molar-refractivity contribution in [3.05, 3.63) is 29.8 Å². The number of piperidine rings is 1. The summed E-state index contributed by atoms with van der Waals surface area (Å²) in [7, 11) is 0. The number of nitrogens with one attached hydrogen (secondary N) is 2. The van der Waals surface area contributed by atoms with Gasteiger partial charge in [-0.3, -0.25) is 4.79 Å². The summed E-state index contributed by atoms with van der Waals surface area (Å²) in [6.07, 6.45) is 3.22. The average Bonchev–Trinajstić information content (AvgIpc) is 2.29. The van der Waals surface area contributed by atoms with E-state index in [2.05, 4.69) is 17.6 Å². The van der Waals surface area contributed by atoms with Gasteiger partial charge in [0, 0.05) is 11.7 Å². The van der Waals surface area contributed by atoms with Crippen LogP contribution in [0.2, 0.25) is 0 Å². The molecular formula is C14H20N2O. The molecule has 1 aliphatic heterocycles. The van der Waals surface area contributed by atoms with Gasteiger partial charge in [-0.25, -0.2) is 0 Å². The normalized spacial score (nSPS) is 24.4. The number of rotatable bonds is 2. The van der Waals surface area contributed by atoms with Crippen molar-refractivity contribution in [2.45, 2.75) is 45.2 Å². The van der Waals surface area contributed by atoms with Crippen LogP contribution in [0.1, 0.15) is 31.7 Å². The van der Waals surface area contributed by atoms with E-state index in [0.717, 1.165) is 30.5 Å². The summed E-state index contributed by atoms with van der Waals surface area (Å²) in [4.78, 5) is 12.1. The summed E-state index contributed by atoms with van der Waals surface area (Å²) >= 11 is 0. The number of anilines is 1. The minimum atomic E-state index is -0.0423. The predicted molar refractivity (Wildman–Crippen MR) is 70.0 cm³/mol. The summed E-state index contributed by atoms with van der Waals surface area (Å²) in [5.74, 6) is 0.0853. The molecule has 2 rings (SSSR count). The Kier molecular flexibility index (Phi) is 3.79. The predicted octanol–water partition coefficient (Wildman–Crippen LogP) is 2.46. The first kappa shape index (κ1) is 12.1. The topological polar surface area (TPSA) is 41.1 Å². The van der Waals surface area contributed by atoms with Crippen molar-refractivity contribution in [1.29, 1.82) is 0 Å². The van der Waals surface area contributed by atoms with E-state index in [-0.39, 0.29) is 11.9 Å². The highest BCUT2D eigenvalue weighted by Gasteiger charge is 2.23. The van der Waals surface area contributed by atoms with Crippen LogP contribution >= 0.6 is 0 Å². The van der Waals surface area contributed by atoms with E-state index in [4.69, 9.17) is 0 Å². The number of aryl methyl sites for hydroxylation is 1. The second-order valence-corrected chi connectivity index (χ2v) is 4.91. The maximum Gasteiger partial charge on any atom is 0.241 e. The molecule has 0 radical (unpaired) electrons. The molecule has 17 heavy (non-hydrogen) atoms. The monoisotopic (exact) mass is 232 g/mol. The Bertz CT molecular complexity index is 403. The van der Waals surface area contributed by atoms with E-state index in [0.29, 0.717) is 6.04 Å². The van der Waals surface area contributed by atoms with E-state index in [1.807, 2.05) is 31.2 Å². The lowest BCUT2D eigenvalue weighted by molar-refractivity contribution is -0.118. The third-order valence-electron chi connectivity index (χ3n) is 3.22. The van der Waals surface area contributed by atoms with E-state index >= 15 is 0 Å². The maximum atomic E-state index is 12.1. The number of hydrogen-bond acceptors (Lipinski definition) is 2. The third kappa shape index (κ3) is 3.30. The number of hydrogen-bond donors (Lipinski definition) is 2. The number of carbonyl (C=O) groups excluding carboxylic acids is 1. The van der Waals surface area contributed by atoms with Gasteiger partial charge in [0.1, 0.15) is 0 Å². The molecule has 0 aromatic heterocycles. The van der Waals surface area contributed by atoms with Gasteiger partial charge in [-0.15, -0.1) is 0 Å². The van der Waals surface area contributed by atoms with Crippen LogP contribution in [0.25, 0.3) is 0 Å². The van der Waals surface area contributed by atoms with Gasteiger partial charge in [-0.1, -0.05) is 12.1 Å². The molecule has 1 amide bonds. The standard InChI is InChI=1S/C14H20N2O/c1-10-5-3-7-12(9-10)16-14(17)13-8-4-6-11(2)15-13/h3,5,7,9,11,13,15H,4,6,8H2,1-2H3,(H,16,17). The second-order valence-electron chi connectivity index (χ2n) is 4.91. The van der Waals surface area contributed by atoms with Gasteiger partial charge in [-0.2, -0.15) is 0 Å². The quantitative estimate of drug-likeness (QED) is 0.822. The van der Waals surface area contributed by atoms with Crippen molar-refractivity contribution in [3.8, 4) is 0 Å². The average molecular weight is 232 g/mol. The zero-order valence-corrected chi connectivity index (χ0v) is 10.5. The first-order valence-corrected chi connectivity index (χ1v) is 6.29. The number of carbonyl (C=O) groups is 1. The minimum absolute atomic E-state index is 0.0423. The lowest BCUT2D eigenvalue weighted by atomic mass is 9.99. The lowest BCUT2D eigenvalue weighted by Crippen LogP contribution is -2.47. The summed E-state index contributed by atoms with van der Waals surface area (Å²) in [6, 6.07) is 8.30. The van der Waals surface area contributed by atoms with Crippen LogP contribution in [0.5, 0.6) is 0 Å². The molecule has 0 aliphatic carbocycles. The Labute approximate surface area is 103 Å². The third-order valence-corrected chi connectivity index (χ3v) is 3.22. The van der Waals surface area contributed by atoms with Gasteiger partial charge in [-0.05, 0) is 50.8 Å². The molecule has 3 heteroatoms. The highest BCUT2D eigenvalue weighted by atomic mass is 16.2. The van der Waals surface area contributed by atoms with Crippen molar-refractivity contribution in [1.82, 2.24) is 5.32 Å². The molecule has 1 heterocycles. The van der Waals surface area contributed by atoms with Crippen LogP contribution in [-0.4, -0.2) is 18.0 Å². The van der Waals surface area contributed by atoms with Gasteiger partial charge in [0.15, 0.2) is 0 Å². The minimum Gasteiger partial charge on any atom is -0.325 e. The molecule has 3 nitrogen and oxygen atoms in total. The zero-order chi connectivity index (χ0) is 12.3. The molecule has 92 valence electrons. The van der Waals surface area contributed by atoms with Crippen molar-refractivity contribution in [3.63, 3.8) is 0 Å². The Morgan fingerprint density at radius 3 is 2.94 bits per heavy atom. The van der Waals surface area contributed by atoms with Gasteiger partial charge in [0.25, 0.3) is 0 Å². The highest BCUT2D eigenvalue weighted by Crippen LogP contribution is 2.15. The molecule has 2 N–H and O–H groups in total. The van der Waals surface area contributed by atoms with Crippen LogP contribution in [0.4, 0.5) is 5.69 Å². The van der Waals surface area contributed by atoms with Crippen molar-refractivity contribution in [2.24, 2.45) is 0 Å². The molecule has 1 saturated heterocycles. The van der Waals surface area contributed by atoms with Crippen LogP contribution < -0.4 is 10.6 Å². The Hall–Kier alpha value is -1.35. The van der Waals surface area contributed by atoms with Crippen molar-refractivity contribution >= 4 is 11.6 Å². The van der Waals surface area contributed by atoms with E-state index < -0.39 is 0 Å². The Morgan fingerprint density at radius 1 is 1.41 bits per heavy atom. The van der Waals surface area contributed by atoms with E-state index in [9.17, 15) is 4.79 Å². The molecule has 0 bridgehead atoms. The summed E-state index contributed by atoms with van der Waals surface area (Å²) in [5, 5.41) is 6.31. The maximum absolute atomic E-state index is 12.1. The Morgan fingerprint density at radius 2 is 2.24 bits per heavy atom. The molecular weight excluding hydrogens is 212 g/mol. The molecule has 1 fully saturated rings. The highest BCUT2D eigenvalue weighted by molar-refractivity contribution is 5.94. The van der Waals surface area contributed by atoms with Gasteiger partial charge in [0.2, 0.25) is 5.91 Å². The SMILES string of the molecule is Cc1cccc(NC(=O)C2CCCC(C)N2)c1. The van der Waals surface area contributed by atoms with Crippen molar-refractivity contribution < 1.29 is 4.79 Å². The molecule has 2 atom stereocenters. The molecule has 0 spiro atoms. The van der Waals surface area contributed by atoms with Crippen LogP contribution in [0.3, 0.4) is 0 Å². The second kappa shape index (κ2) is 5.32. The molecule has 1 aromatic carbocycles. The largest absolute Gasteiger partial charge is 0.325 e. The smallest absolute Gasteiger partial charge is 0.241 e. The Balaban J connectivity index is 1.96. The lowest BCUT2D eigenvalue weighted by Gasteiger charge is -2.27. The fourth-order valence-electron chi connectivity index (χ4n) is 2.30. The summed E-state index contributed by atoms with van der Waals surface area (Å²) in [6.45, 7) is 4.16. The molecule has 1 aliphatic rings. The fourth-order valence-corrected chi connectivity index (χ4v) is 2.30. The molecule has 2 unspecified atom stereocenters. The van der Waals surface area contributed by atoms with Gasteiger partial charge >= 0.3 is 0 Å². The van der Waals surface area contributed by atoms with Gasteiger partial charge < -0.3 is 10.6 Å².